The third-order valence-corrected chi connectivity index (χ3v) is 3.19. The zero-order valence-corrected chi connectivity index (χ0v) is 10.4. The molecule has 0 unspecified atom stereocenters. The first-order valence-corrected chi connectivity index (χ1v) is 6.14. The van der Waals surface area contributed by atoms with Gasteiger partial charge >= 0.3 is 6.18 Å². The summed E-state index contributed by atoms with van der Waals surface area (Å²) >= 11 is 0. The van der Waals surface area contributed by atoms with Crippen LogP contribution in [0.5, 0.6) is 0 Å². The van der Waals surface area contributed by atoms with Crippen molar-refractivity contribution in [1.82, 2.24) is 19.6 Å². The molecule has 0 amide bonds. The second-order valence-electron chi connectivity index (χ2n) is 4.67. The molecule has 0 aromatic carbocycles. The largest absolute Gasteiger partial charge is 0.435 e. The van der Waals surface area contributed by atoms with Crippen molar-refractivity contribution in [1.29, 1.82) is 0 Å². The lowest BCUT2D eigenvalue weighted by atomic mass is 10.2. The predicted molar refractivity (Wildman–Crippen MR) is 63.1 cm³/mol. The molecular formula is C12H11F3N4O. The molecule has 1 aliphatic heterocycles. The van der Waals surface area contributed by atoms with Gasteiger partial charge in [0.25, 0.3) is 5.56 Å². The molecule has 2 aromatic heterocycles. The zero-order valence-electron chi connectivity index (χ0n) is 10.4. The highest BCUT2D eigenvalue weighted by Gasteiger charge is 2.33. The zero-order chi connectivity index (χ0) is 14.3. The Morgan fingerprint density at radius 3 is 2.75 bits per heavy atom. The lowest BCUT2D eigenvalue weighted by Gasteiger charge is -2.08. The fraction of sp³-hybridized carbons (Fsp3) is 0.417. The Balaban J connectivity index is 1.91. The van der Waals surface area contributed by atoms with Crippen LogP contribution in [0.15, 0.2) is 23.0 Å². The Kier molecular flexibility index (Phi) is 2.88. The van der Waals surface area contributed by atoms with Gasteiger partial charge in [-0.05, 0) is 25.0 Å². The lowest BCUT2D eigenvalue weighted by Crippen LogP contribution is -2.26. The van der Waals surface area contributed by atoms with Crippen LogP contribution in [0.25, 0.3) is 0 Å². The Hall–Kier alpha value is -2.12. The first-order chi connectivity index (χ1) is 9.43. The van der Waals surface area contributed by atoms with Crippen LogP contribution in [0.1, 0.15) is 23.5 Å². The Labute approximate surface area is 111 Å². The number of alkyl halides is 3. The molecule has 3 rings (SSSR count). The van der Waals surface area contributed by atoms with Gasteiger partial charge < -0.3 is 0 Å². The third kappa shape index (κ3) is 2.33. The van der Waals surface area contributed by atoms with Crippen LogP contribution >= 0.6 is 0 Å². The SMILES string of the molecule is O=c1ccc(C(F)(F)F)nn1Cc1cc2n(n1)CCC2. The highest BCUT2D eigenvalue weighted by atomic mass is 19.4. The molecule has 0 bridgehead atoms. The van der Waals surface area contributed by atoms with E-state index in [4.69, 9.17) is 0 Å². The molecule has 0 spiro atoms. The molecule has 0 radical (unpaired) electrons. The minimum absolute atomic E-state index is 0.0528. The van der Waals surface area contributed by atoms with E-state index in [0.29, 0.717) is 11.8 Å². The lowest BCUT2D eigenvalue weighted by molar-refractivity contribution is -0.142. The van der Waals surface area contributed by atoms with Gasteiger partial charge in [-0.15, -0.1) is 0 Å². The van der Waals surface area contributed by atoms with Gasteiger partial charge in [0.2, 0.25) is 0 Å². The molecule has 0 N–H and O–H groups in total. The highest BCUT2D eigenvalue weighted by Crippen LogP contribution is 2.26. The molecular weight excluding hydrogens is 273 g/mol. The Morgan fingerprint density at radius 2 is 2.05 bits per heavy atom. The number of aryl methyl sites for hydroxylation is 2. The summed E-state index contributed by atoms with van der Waals surface area (Å²) in [6, 6.07) is 3.37. The first kappa shape index (κ1) is 12.9. The van der Waals surface area contributed by atoms with Crippen molar-refractivity contribution in [3.8, 4) is 0 Å². The summed E-state index contributed by atoms with van der Waals surface area (Å²) in [7, 11) is 0. The summed E-state index contributed by atoms with van der Waals surface area (Å²) in [5, 5.41) is 7.61. The van der Waals surface area contributed by atoms with E-state index in [9.17, 15) is 18.0 Å². The molecule has 0 fully saturated rings. The second-order valence-corrected chi connectivity index (χ2v) is 4.67. The molecule has 106 valence electrons. The van der Waals surface area contributed by atoms with E-state index >= 15 is 0 Å². The average Bonchev–Trinajstić information content (AvgIpc) is 2.91. The van der Waals surface area contributed by atoms with E-state index in [2.05, 4.69) is 10.2 Å². The summed E-state index contributed by atoms with van der Waals surface area (Å²) in [5.74, 6) is 0. The maximum atomic E-state index is 12.6. The minimum Gasteiger partial charge on any atom is -0.269 e. The van der Waals surface area contributed by atoms with Gasteiger partial charge in [0.15, 0.2) is 5.69 Å². The van der Waals surface area contributed by atoms with Gasteiger partial charge in [-0.3, -0.25) is 9.48 Å². The predicted octanol–water partition coefficient (Wildman–Crippen LogP) is 1.45. The molecule has 0 aliphatic carbocycles. The van der Waals surface area contributed by atoms with E-state index in [1.54, 1.807) is 6.07 Å². The van der Waals surface area contributed by atoms with Crippen molar-refractivity contribution >= 4 is 0 Å². The van der Waals surface area contributed by atoms with Gasteiger partial charge in [-0.25, -0.2) is 4.68 Å². The normalized spacial score (nSPS) is 14.6. The van der Waals surface area contributed by atoms with Crippen molar-refractivity contribution in [3.05, 3.63) is 45.6 Å². The summed E-state index contributed by atoms with van der Waals surface area (Å²) in [6.07, 6.45) is -2.65. The number of halogens is 3. The van der Waals surface area contributed by atoms with Gasteiger partial charge in [0.05, 0.1) is 12.2 Å². The van der Waals surface area contributed by atoms with Crippen molar-refractivity contribution in [2.45, 2.75) is 32.1 Å². The van der Waals surface area contributed by atoms with Gasteiger partial charge in [-0.1, -0.05) is 0 Å². The number of hydrogen-bond acceptors (Lipinski definition) is 3. The fourth-order valence-electron chi connectivity index (χ4n) is 2.26. The van der Waals surface area contributed by atoms with E-state index in [0.717, 1.165) is 35.8 Å². The molecule has 3 heterocycles. The Bertz CT molecular complexity index is 680. The van der Waals surface area contributed by atoms with Crippen molar-refractivity contribution in [3.63, 3.8) is 0 Å². The van der Waals surface area contributed by atoms with E-state index in [1.807, 2.05) is 4.68 Å². The van der Waals surface area contributed by atoms with Crippen LogP contribution in [0.2, 0.25) is 0 Å². The van der Waals surface area contributed by atoms with Crippen molar-refractivity contribution < 1.29 is 13.2 Å². The second kappa shape index (κ2) is 4.46. The minimum atomic E-state index is -4.56. The summed E-state index contributed by atoms with van der Waals surface area (Å²) in [6.45, 7) is 0.753. The van der Waals surface area contributed by atoms with Crippen LogP contribution in [0, 0.1) is 0 Å². The highest BCUT2D eigenvalue weighted by molar-refractivity contribution is 5.14. The fourth-order valence-corrected chi connectivity index (χ4v) is 2.26. The van der Waals surface area contributed by atoms with E-state index in [1.165, 1.54) is 0 Å². The maximum absolute atomic E-state index is 12.6. The van der Waals surface area contributed by atoms with E-state index in [-0.39, 0.29) is 6.54 Å². The molecule has 0 atom stereocenters. The number of aromatic nitrogens is 4. The maximum Gasteiger partial charge on any atom is 0.435 e. The van der Waals surface area contributed by atoms with Crippen molar-refractivity contribution in [2.24, 2.45) is 0 Å². The van der Waals surface area contributed by atoms with Crippen LogP contribution in [-0.2, 0) is 25.7 Å². The van der Waals surface area contributed by atoms with Crippen LogP contribution in [-0.4, -0.2) is 19.6 Å². The average molecular weight is 284 g/mol. The Morgan fingerprint density at radius 1 is 1.25 bits per heavy atom. The van der Waals surface area contributed by atoms with Gasteiger partial charge in [0.1, 0.15) is 0 Å². The van der Waals surface area contributed by atoms with Gasteiger partial charge in [-0.2, -0.15) is 23.4 Å². The summed E-state index contributed by atoms with van der Waals surface area (Å²) < 4.78 is 40.3. The monoisotopic (exact) mass is 284 g/mol. The number of rotatable bonds is 2. The molecule has 20 heavy (non-hydrogen) atoms. The third-order valence-electron chi connectivity index (χ3n) is 3.19. The summed E-state index contributed by atoms with van der Waals surface area (Å²) in [5.41, 5.74) is -0.0661. The first-order valence-electron chi connectivity index (χ1n) is 6.14. The summed E-state index contributed by atoms with van der Waals surface area (Å²) in [4.78, 5) is 11.6. The molecule has 2 aromatic rings. The topological polar surface area (TPSA) is 52.7 Å². The molecule has 0 saturated heterocycles. The van der Waals surface area contributed by atoms with Crippen LogP contribution < -0.4 is 5.56 Å². The van der Waals surface area contributed by atoms with Crippen LogP contribution in [0.4, 0.5) is 13.2 Å². The van der Waals surface area contributed by atoms with Crippen LogP contribution in [0.3, 0.4) is 0 Å². The smallest absolute Gasteiger partial charge is 0.269 e. The number of fused-ring (bicyclic) bond motifs is 1. The standard InChI is InChI=1S/C12H11F3N4O/c13-12(14,15)10-3-4-11(20)19(17-10)7-8-6-9-2-1-5-18(9)16-8/h3-4,6H,1-2,5,7H2. The van der Waals surface area contributed by atoms with Crippen molar-refractivity contribution in [2.75, 3.05) is 0 Å². The number of nitrogens with zero attached hydrogens (tertiary/aromatic N) is 4. The molecule has 8 heteroatoms. The molecule has 0 saturated carbocycles. The van der Waals surface area contributed by atoms with E-state index < -0.39 is 17.4 Å². The number of hydrogen-bond donors (Lipinski definition) is 0. The molecule has 1 aliphatic rings. The molecule has 5 nitrogen and oxygen atoms in total. The quantitative estimate of drug-likeness (QED) is 0.838. The van der Waals surface area contributed by atoms with Gasteiger partial charge in [0, 0.05) is 18.3 Å².